The summed E-state index contributed by atoms with van der Waals surface area (Å²) in [7, 11) is -6.52. The van der Waals surface area contributed by atoms with Crippen LogP contribution in [0.1, 0.15) is 168 Å². The molecule has 0 bridgehead atoms. The van der Waals surface area contributed by atoms with E-state index in [-0.39, 0.29) is 23.6 Å². The van der Waals surface area contributed by atoms with Crippen molar-refractivity contribution in [1.29, 1.82) is 0 Å². The third-order valence-corrected chi connectivity index (χ3v) is 11.0. The maximum atomic E-state index is 12.5. The molecule has 8 heteroatoms. The second-order valence-electron chi connectivity index (χ2n) is 11.8. The van der Waals surface area contributed by atoms with E-state index in [0.717, 1.165) is 38.5 Å². The Hall–Kier alpha value is -0.180. The Morgan fingerprint density at radius 2 is 0.658 bits per heavy atom. The maximum absolute atomic E-state index is 12.5. The van der Waals surface area contributed by atoms with Crippen molar-refractivity contribution in [3.05, 3.63) is 0 Å². The standard InChI is InChI=1S/C30H62N2O4S2/c1-3-5-7-9-11-13-15-17-19-21-27-37(33,34)31-29-23-25-30(26-24-29)32-38(35,36)28-22-20-18-16-14-12-10-8-6-4-2/h29-32H,3-28H2,1-2H3. The molecule has 0 atom stereocenters. The van der Waals surface area contributed by atoms with Gasteiger partial charge in [0.1, 0.15) is 0 Å². The summed E-state index contributed by atoms with van der Waals surface area (Å²) in [6, 6.07) is -0.128. The molecule has 0 spiro atoms. The van der Waals surface area contributed by atoms with E-state index >= 15 is 0 Å². The molecule has 6 nitrogen and oxygen atoms in total. The summed E-state index contributed by atoms with van der Waals surface area (Å²) < 4.78 is 55.7. The Balaban J connectivity index is 2.07. The van der Waals surface area contributed by atoms with Crippen LogP contribution in [0.15, 0.2) is 0 Å². The van der Waals surface area contributed by atoms with Gasteiger partial charge < -0.3 is 0 Å². The molecule has 0 aliphatic heterocycles. The molecule has 0 amide bonds. The zero-order valence-corrected chi connectivity index (χ0v) is 26.6. The zero-order chi connectivity index (χ0) is 28.0. The van der Waals surface area contributed by atoms with Crippen LogP contribution in [0.5, 0.6) is 0 Å². The highest BCUT2D eigenvalue weighted by atomic mass is 32.2. The first-order valence-corrected chi connectivity index (χ1v) is 19.6. The van der Waals surface area contributed by atoms with Gasteiger partial charge in [0.15, 0.2) is 0 Å². The molecule has 2 N–H and O–H groups in total. The number of sulfonamides is 2. The van der Waals surface area contributed by atoms with E-state index < -0.39 is 20.0 Å². The number of rotatable bonds is 26. The zero-order valence-electron chi connectivity index (χ0n) is 25.0. The van der Waals surface area contributed by atoms with Crippen LogP contribution in [0.2, 0.25) is 0 Å². The normalized spacial score (nSPS) is 18.7. The van der Waals surface area contributed by atoms with Gasteiger partial charge in [-0.05, 0) is 38.5 Å². The summed E-state index contributed by atoms with van der Waals surface area (Å²) in [6.45, 7) is 4.47. The summed E-state index contributed by atoms with van der Waals surface area (Å²) >= 11 is 0. The first kappa shape index (κ1) is 35.8. The van der Waals surface area contributed by atoms with Gasteiger partial charge in [-0.3, -0.25) is 0 Å². The Morgan fingerprint density at radius 3 is 0.921 bits per heavy atom. The smallest absolute Gasteiger partial charge is 0.211 e. The third kappa shape index (κ3) is 20.7. The fourth-order valence-corrected chi connectivity index (χ4v) is 8.41. The summed E-state index contributed by atoms with van der Waals surface area (Å²) in [4.78, 5) is 0. The number of hydrogen-bond donors (Lipinski definition) is 2. The molecule has 0 saturated heterocycles. The van der Waals surface area contributed by atoms with Crippen molar-refractivity contribution in [2.75, 3.05) is 11.5 Å². The minimum absolute atomic E-state index is 0.0640. The lowest BCUT2D eigenvalue weighted by Crippen LogP contribution is -2.44. The van der Waals surface area contributed by atoms with Crippen LogP contribution >= 0.6 is 0 Å². The monoisotopic (exact) mass is 578 g/mol. The molecule has 0 radical (unpaired) electrons. The Morgan fingerprint density at radius 1 is 0.421 bits per heavy atom. The van der Waals surface area contributed by atoms with Crippen LogP contribution in [0.25, 0.3) is 0 Å². The van der Waals surface area contributed by atoms with Gasteiger partial charge >= 0.3 is 0 Å². The molecule has 1 aliphatic rings. The van der Waals surface area contributed by atoms with E-state index in [1.54, 1.807) is 0 Å². The Labute approximate surface area is 237 Å². The average molecular weight is 579 g/mol. The summed E-state index contributed by atoms with van der Waals surface area (Å²) in [5.41, 5.74) is 0. The molecule has 1 fully saturated rings. The molecule has 0 aromatic rings. The quantitative estimate of drug-likeness (QED) is 0.102. The van der Waals surface area contributed by atoms with Crippen molar-refractivity contribution in [2.45, 2.75) is 180 Å². The van der Waals surface area contributed by atoms with E-state index in [0.29, 0.717) is 25.7 Å². The topological polar surface area (TPSA) is 92.3 Å². The summed E-state index contributed by atoms with van der Waals surface area (Å²) in [5, 5.41) is 0. The highest BCUT2D eigenvalue weighted by Gasteiger charge is 2.27. The van der Waals surface area contributed by atoms with Crippen molar-refractivity contribution in [1.82, 2.24) is 9.44 Å². The van der Waals surface area contributed by atoms with Crippen LogP contribution in [0, 0.1) is 0 Å². The van der Waals surface area contributed by atoms with Gasteiger partial charge in [0.05, 0.1) is 11.5 Å². The highest BCUT2D eigenvalue weighted by molar-refractivity contribution is 7.89. The lowest BCUT2D eigenvalue weighted by atomic mass is 9.92. The predicted octanol–water partition coefficient (Wildman–Crippen LogP) is 7.98. The van der Waals surface area contributed by atoms with Crippen molar-refractivity contribution in [2.24, 2.45) is 0 Å². The number of hydrogen-bond acceptors (Lipinski definition) is 4. The van der Waals surface area contributed by atoms with E-state index in [1.807, 2.05) is 0 Å². The number of unbranched alkanes of at least 4 members (excludes halogenated alkanes) is 18. The molecule has 1 saturated carbocycles. The molecular formula is C30H62N2O4S2. The first-order valence-electron chi connectivity index (χ1n) is 16.3. The van der Waals surface area contributed by atoms with Crippen LogP contribution in [-0.4, -0.2) is 40.4 Å². The molecule has 38 heavy (non-hydrogen) atoms. The lowest BCUT2D eigenvalue weighted by Gasteiger charge is -2.29. The fraction of sp³-hybridized carbons (Fsp3) is 1.00. The molecule has 0 heterocycles. The van der Waals surface area contributed by atoms with Gasteiger partial charge in [-0.15, -0.1) is 0 Å². The second-order valence-corrected chi connectivity index (χ2v) is 15.5. The number of nitrogens with one attached hydrogen (secondary N) is 2. The van der Waals surface area contributed by atoms with Crippen molar-refractivity contribution < 1.29 is 16.8 Å². The molecule has 1 rings (SSSR count). The molecule has 0 aromatic carbocycles. The van der Waals surface area contributed by atoms with Crippen LogP contribution in [0.4, 0.5) is 0 Å². The van der Waals surface area contributed by atoms with Crippen LogP contribution in [-0.2, 0) is 20.0 Å². The average Bonchev–Trinajstić information content (AvgIpc) is 2.87. The lowest BCUT2D eigenvalue weighted by molar-refractivity contribution is 0.355. The maximum Gasteiger partial charge on any atom is 0.211 e. The van der Waals surface area contributed by atoms with E-state index in [9.17, 15) is 16.8 Å². The molecule has 0 unspecified atom stereocenters. The summed E-state index contributed by atoms with van der Waals surface area (Å²) in [6.07, 6.45) is 26.5. The fourth-order valence-electron chi connectivity index (χ4n) is 5.51. The van der Waals surface area contributed by atoms with Crippen molar-refractivity contribution in [3.63, 3.8) is 0 Å². The van der Waals surface area contributed by atoms with Crippen LogP contribution in [0.3, 0.4) is 0 Å². The van der Waals surface area contributed by atoms with E-state index in [1.165, 1.54) is 89.9 Å². The summed E-state index contributed by atoms with van der Waals surface area (Å²) in [5.74, 6) is 0.407. The first-order chi connectivity index (χ1) is 18.3. The van der Waals surface area contributed by atoms with Gasteiger partial charge in [0.25, 0.3) is 0 Å². The van der Waals surface area contributed by atoms with Gasteiger partial charge in [0, 0.05) is 12.1 Å². The minimum atomic E-state index is -3.26. The van der Waals surface area contributed by atoms with Gasteiger partial charge in [0.2, 0.25) is 20.0 Å². The predicted molar refractivity (Wildman–Crippen MR) is 164 cm³/mol. The highest BCUT2D eigenvalue weighted by Crippen LogP contribution is 2.21. The van der Waals surface area contributed by atoms with Gasteiger partial charge in [-0.2, -0.15) is 0 Å². The Kier molecular flexibility index (Phi) is 21.2. The van der Waals surface area contributed by atoms with Crippen molar-refractivity contribution in [3.8, 4) is 0 Å². The molecule has 228 valence electrons. The van der Waals surface area contributed by atoms with E-state index in [4.69, 9.17) is 0 Å². The van der Waals surface area contributed by atoms with Crippen LogP contribution < -0.4 is 9.44 Å². The third-order valence-electron chi connectivity index (χ3n) is 7.95. The molecule has 0 aromatic heterocycles. The van der Waals surface area contributed by atoms with Gasteiger partial charge in [-0.1, -0.05) is 129 Å². The van der Waals surface area contributed by atoms with E-state index in [2.05, 4.69) is 23.3 Å². The largest absolute Gasteiger partial charge is 0.212 e. The Bertz CT molecular complexity index is 684. The van der Waals surface area contributed by atoms with Crippen molar-refractivity contribution >= 4 is 20.0 Å². The molecule has 1 aliphatic carbocycles. The second kappa shape index (κ2) is 22.5. The SMILES string of the molecule is CCCCCCCCCCCCS(=O)(=O)NC1CCC(NS(=O)(=O)CCCCCCCCCCCC)CC1. The molecular weight excluding hydrogens is 516 g/mol. The van der Waals surface area contributed by atoms with Gasteiger partial charge in [-0.25, -0.2) is 26.3 Å². The minimum Gasteiger partial charge on any atom is -0.212 e.